The van der Waals surface area contributed by atoms with E-state index in [4.69, 9.17) is 11.6 Å². The van der Waals surface area contributed by atoms with Crippen LogP contribution in [0.3, 0.4) is 0 Å². The molecule has 0 saturated heterocycles. The minimum Gasteiger partial charge on any atom is -0.305 e. The lowest BCUT2D eigenvalue weighted by atomic mass is 10.2. The molecule has 0 fully saturated rings. The summed E-state index contributed by atoms with van der Waals surface area (Å²) in [6.07, 6.45) is 5.05. The first kappa shape index (κ1) is 12.8. The van der Waals surface area contributed by atoms with Gasteiger partial charge in [-0.3, -0.25) is 19.9 Å². The largest absolute Gasteiger partial charge is 0.305 e. The maximum absolute atomic E-state index is 11.9. The Hall–Kier alpha value is -2.61. The van der Waals surface area contributed by atoms with E-state index in [0.29, 0.717) is 0 Å². The van der Waals surface area contributed by atoms with Crippen LogP contribution in [0.1, 0.15) is 10.4 Å². The van der Waals surface area contributed by atoms with Crippen LogP contribution in [-0.4, -0.2) is 25.8 Å². The Balaban J connectivity index is 2.33. The summed E-state index contributed by atoms with van der Waals surface area (Å²) in [7, 11) is 0. The van der Waals surface area contributed by atoms with Gasteiger partial charge in [0.25, 0.3) is 11.6 Å². The van der Waals surface area contributed by atoms with Crippen LogP contribution in [0.4, 0.5) is 11.5 Å². The molecule has 2 rings (SSSR count). The number of nitro groups is 1. The summed E-state index contributed by atoms with van der Waals surface area (Å²) in [5.74, 6) is -0.536. The van der Waals surface area contributed by atoms with Gasteiger partial charge in [-0.05, 0) is 6.07 Å². The van der Waals surface area contributed by atoms with Gasteiger partial charge in [0.05, 0.1) is 11.1 Å². The maximum Gasteiger partial charge on any atom is 0.300 e. The Labute approximate surface area is 111 Å². The van der Waals surface area contributed by atoms with Crippen molar-refractivity contribution >= 4 is 29.0 Å². The summed E-state index contributed by atoms with van der Waals surface area (Å²) in [6.45, 7) is 0. The molecule has 2 heterocycles. The summed E-state index contributed by atoms with van der Waals surface area (Å²) >= 11 is 5.63. The molecule has 19 heavy (non-hydrogen) atoms. The highest BCUT2D eigenvalue weighted by Gasteiger charge is 2.21. The topological polar surface area (TPSA) is 111 Å². The van der Waals surface area contributed by atoms with E-state index in [-0.39, 0.29) is 16.5 Å². The minimum atomic E-state index is -0.713. The quantitative estimate of drug-likeness (QED) is 0.520. The lowest BCUT2D eigenvalue weighted by Crippen LogP contribution is -2.15. The number of nitrogens with one attached hydrogen (secondary N) is 1. The van der Waals surface area contributed by atoms with E-state index in [0.717, 1.165) is 12.3 Å². The molecule has 0 aliphatic carbocycles. The molecule has 0 radical (unpaired) electrons. The van der Waals surface area contributed by atoms with E-state index in [1.165, 1.54) is 18.6 Å². The van der Waals surface area contributed by atoms with E-state index in [2.05, 4.69) is 20.3 Å². The molecule has 2 aromatic rings. The van der Waals surface area contributed by atoms with Gasteiger partial charge in [0.1, 0.15) is 16.9 Å². The predicted octanol–water partition coefficient (Wildman–Crippen LogP) is 1.69. The van der Waals surface area contributed by atoms with Crippen molar-refractivity contribution < 1.29 is 9.72 Å². The summed E-state index contributed by atoms with van der Waals surface area (Å²) < 4.78 is 0. The van der Waals surface area contributed by atoms with Crippen LogP contribution >= 0.6 is 11.6 Å². The van der Waals surface area contributed by atoms with Crippen molar-refractivity contribution in [1.82, 2.24) is 15.0 Å². The van der Waals surface area contributed by atoms with E-state index < -0.39 is 16.5 Å². The summed E-state index contributed by atoms with van der Waals surface area (Å²) in [6, 6.07) is 1.12. The molecule has 2 aromatic heterocycles. The number of hydrogen-bond donors (Lipinski definition) is 1. The van der Waals surface area contributed by atoms with Crippen LogP contribution in [0.2, 0.25) is 5.15 Å². The standard InChI is InChI=1S/C10H6ClN5O3/c11-8-3-6(7(4-14-8)16(18)19)10(17)15-9-5-12-1-2-13-9/h1-5H,(H,13,15,17). The van der Waals surface area contributed by atoms with Crippen LogP contribution in [0.25, 0.3) is 0 Å². The number of rotatable bonds is 3. The van der Waals surface area contributed by atoms with Gasteiger partial charge in [0.15, 0.2) is 5.82 Å². The van der Waals surface area contributed by atoms with E-state index >= 15 is 0 Å². The molecule has 0 saturated carbocycles. The molecule has 8 nitrogen and oxygen atoms in total. The van der Waals surface area contributed by atoms with Gasteiger partial charge in [-0.25, -0.2) is 9.97 Å². The van der Waals surface area contributed by atoms with Crippen molar-refractivity contribution in [2.75, 3.05) is 5.32 Å². The average Bonchev–Trinajstić information content (AvgIpc) is 2.39. The first-order valence-corrected chi connectivity index (χ1v) is 5.33. The molecule has 0 spiro atoms. The predicted molar refractivity (Wildman–Crippen MR) is 65.9 cm³/mol. The number of pyridine rings is 1. The summed E-state index contributed by atoms with van der Waals surface area (Å²) in [5, 5.41) is 13.2. The zero-order chi connectivity index (χ0) is 13.8. The third kappa shape index (κ3) is 2.99. The van der Waals surface area contributed by atoms with Crippen LogP contribution in [0.5, 0.6) is 0 Å². The van der Waals surface area contributed by atoms with Gasteiger partial charge < -0.3 is 5.32 Å². The van der Waals surface area contributed by atoms with Crippen molar-refractivity contribution in [3.63, 3.8) is 0 Å². The highest BCUT2D eigenvalue weighted by atomic mass is 35.5. The molecule has 0 bridgehead atoms. The van der Waals surface area contributed by atoms with Gasteiger partial charge in [0.2, 0.25) is 0 Å². The molecule has 0 aliphatic heterocycles. The highest BCUT2D eigenvalue weighted by molar-refractivity contribution is 6.30. The molecule has 1 amide bonds. The number of amides is 1. The van der Waals surface area contributed by atoms with Crippen LogP contribution in [0, 0.1) is 10.1 Å². The van der Waals surface area contributed by atoms with E-state index in [1.807, 2.05) is 0 Å². The van der Waals surface area contributed by atoms with Crippen molar-refractivity contribution in [2.45, 2.75) is 0 Å². The minimum absolute atomic E-state index is 0.0186. The lowest BCUT2D eigenvalue weighted by Gasteiger charge is -2.04. The second-order valence-corrected chi connectivity index (χ2v) is 3.71. The number of hydrogen-bond acceptors (Lipinski definition) is 6. The summed E-state index contributed by atoms with van der Waals surface area (Å²) in [4.78, 5) is 33.2. The van der Waals surface area contributed by atoms with Gasteiger partial charge >= 0.3 is 0 Å². The van der Waals surface area contributed by atoms with Crippen LogP contribution in [-0.2, 0) is 0 Å². The van der Waals surface area contributed by atoms with Crippen molar-refractivity contribution in [3.05, 3.63) is 51.7 Å². The number of halogens is 1. The molecule has 1 N–H and O–H groups in total. The van der Waals surface area contributed by atoms with Gasteiger partial charge in [-0.15, -0.1) is 0 Å². The molecule has 0 unspecified atom stereocenters. The Bertz CT molecular complexity index is 634. The Morgan fingerprint density at radius 3 is 2.74 bits per heavy atom. The number of carbonyl (C=O) groups excluding carboxylic acids is 1. The third-order valence-corrected chi connectivity index (χ3v) is 2.30. The normalized spacial score (nSPS) is 9.95. The van der Waals surface area contributed by atoms with Crippen LogP contribution in [0.15, 0.2) is 30.9 Å². The smallest absolute Gasteiger partial charge is 0.300 e. The van der Waals surface area contributed by atoms with Crippen molar-refractivity contribution in [2.24, 2.45) is 0 Å². The van der Waals surface area contributed by atoms with Crippen LogP contribution < -0.4 is 5.32 Å². The molecule has 96 valence electrons. The van der Waals surface area contributed by atoms with Gasteiger partial charge in [-0.1, -0.05) is 11.6 Å². The average molecular weight is 280 g/mol. The van der Waals surface area contributed by atoms with E-state index in [9.17, 15) is 14.9 Å². The SMILES string of the molecule is O=C(Nc1cnccn1)c1cc(Cl)ncc1[N+](=O)[O-]. The number of anilines is 1. The highest BCUT2D eigenvalue weighted by Crippen LogP contribution is 2.21. The Morgan fingerprint density at radius 2 is 2.11 bits per heavy atom. The fourth-order valence-electron chi connectivity index (χ4n) is 1.30. The lowest BCUT2D eigenvalue weighted by molar-refractivity contribution is -0.385. The Kier molecular flexibility index (Phi) is 3.62. The van der Waals surface area contributed by atoms with Crippen molar-refractivity contribution in [1.29, 1.82) is 0 Å². The first-order chi connectivity index (χ1) is 9.08. The Morgan fingerprint density at radius 1 is 1.32 bits per heavy atom. The van der Waals surface area contributed by atoms with E-state index in [1.54, 1.807) is 0 Å². The molecule has 0 aliphatic rings. The maximum atomic E-state index is 11.9. The number of aromatic nitrogens is 3. The zero-order valence-corrected chi connectivity index (χ0v) is 10.0. The first-order valence-electron chi connectivity index (χ1n) is 4.95. The van der Waals surface area contributed by atoms with Gasteiger partial charge in [-0.2, -0.15) is 0 Å². The second kappa shape index (κ2) is 5.36. The molecule has 9 heteroatoms. The zero-order valence-electron chi connectivity index (χ0n) is 9.28. The molecule has 0 aromatic carbocycles. The molecular formula is C10H6ClN5O3. The molecule has 0 atom stereocenters. The fraction of sp³-hybridized carbons (Fsp3) is 0. The van der Waals surface area contributed by atoms with Gasteiger partial charge in [0, 0.05) is 12.4 Å². The fourth-order valence-corrected chi connectivity index (χ4v) is 1.46. The number of nitrogens with zero attached hydrogens (tertiary/aromatic N) is 4. The summed E-state index contributed by atoms with van der Waals surface area (Å²) in [5.41, 5.74) is -0.638. The second-order valence-electron chi connectivity index (χ2n) is 3.33. The number of carbonyl (C=O) groups is 1. The van der Waals surface area contributed by atoms with Crippen molar-refractivity contribution in [3.8, 4) is 0 Å². The molecular weight excluding hydrogens is 274 g/mol. The third-order valence-electron chi connectivity index (χ3n) is 2.10. The monoisotopic (exact) mass is 279 g/mol.